The first kappa shape index (κ1) is 10.9. The van der Waals surface area contributed by atoms with Crippen molar-refractivity contribution in [3.63, 3.8) is 0 Å². The molecule has 1 aromatic rings. The van der Waals surface area contributed by atoms with Crippen LogP contribution in [0.1, 0.15) is 30.6 Å². The third kappa shape index (κ3) is 2.96. The Bertz CT molecular complexity index is 304. The highest BCUT2D eigenvalue weighted by atomic mass is 16.1. The summed E-state index contributed by atoms with van der Waals surface area (Å²) in [4.78, 5) is 11.4. The summed E-state index contributed by atoms with van der Waals surface area (Å²) < 4.78 is 1.80. The normalized spacial score (nSPS) is 10.9. The van der Waals surface area contributed by atoms with Gasteiger partial charge >= 0.3 is 0 Å². The molecule has 0 fully saturated rings. The monoisotopic (exact) mass is 195 g/mol. The molecule has 0 atom stereocenters. The van der Waals surface area contributed by atoms with Gasteiger partial charge in [-0.25, -0.2) is 0 Å². The molecule has 1 heterocycles. The minimum Gasteiger partial charge on any atom is -0.330 e. The lowest BCUT2D eigenvalue weighted by Gasteiger charge is -2.03. The first-order chi connectivity index (χ1) is 6.63. The van der Waals surface area contributed by atoms with Crippen molar-refractivity contribution < 1.29 is 4.79 Å². The molecule has 0 aliphatic carbocycles. The quantitative estimate of drug-likeness (QED) is 0.715. The van der Waals surface area contributed by atoms with E-state index in [-0.39, 0.29) is 5.78 Å². The van der Waals surface area contributed by atoms with Gasteiger partial charge in [0.15, 0.2) is 5.78 Å². The Hall–Kier alpha value is -1.16. The fraction of sp³-hybridized carbons (Fsp3) is 0.600. The van der Waals surface area contributed by atoms with Crippen LogP contribution >= 0.6 is 0 Å². The Morgan fingerprint density at radius 2 is 2.36 bits per heavy atom. The Kier molecular flexibility index (Phi) is 3.83. The molecule has 0 saturated heterocycles. The average Bonchev–Trinajstić information content (AvgIpc) is 2.52. The molecule has 4 nitrogen and oxygen atoms in total. The highest BCUT2D eigenvalue weighted by Crippen LogP contribution is 2.04. The van der Waals surface area contributed by atoms with Gasteiger partial charge in [0.1, 0.15) is 0 Å². The summed E-state index contributed by atoms with van der Waals surface area (Å²) in [5.74, 6) is 0.606. The summed E-state index contributed by atoms with van der Waals surface area (Å²) in [6, 6.07) is 0. The van der Waals surface area contributed by atoms with Gasteiger partial charge in [-0.15, -0.1) is 0 Å². The van der Waals surface area contributed by atoms with E-state index in [9.17, 15) is 4.79 Å². The molecule has 1 rings (SSSR count). The molecular weight excluding hydrogens is 178 g/mol. The summed E-state index contributed by atoms with van der Waals surface area (Å²) in [7, 11) is 0. The lowest BCUT2D eigenvalue weighted by atomic mass is 10.2. The maximum atomic E-state index is 11.4. The van der Waals surface area contributed by atoms with Gasteiger partial charge in [0, 0.05) is 19.2 Å². The molecule has 1 aromatic heterocycles. The highest BCUT2D eigenvalue weighted by molar-refractivity contribution is 5.95. The van der Waals surface area contributed by atoms with Gasteiger partial charge in [-0.2, -0.15) is 5.10 Å². The van der Waals surface area contributed by atoms with E-state index in [1.807, 2.05) is 0 Å². The second kappa shape index (κ2) is 4.91. The Morgan fingerprint density at radius 1 is 1.64 bits per heavy atom. The highest BCUT2D eigenvalue weighted by Gasteiger charge is 2.07. The van der Waals surface area contributed by atoms with Crippen molar-refractivity contribution in [2.45, 2.75) is 26.8 Å². The van der Waals surface area contributed by atoms with Crippen LogP contribution in [0.15, 0.2) is 12.4 Å². The van der Waals surface area contributed by atoms with Crippen LogP contribution in [0, 0.1) is 5.92 Å². The van der Waals surface area contributed by atoms with Crippen LogP contribution < -0.4 is 5.73 Å². The fourth-order valence-electron chi connectivity index (χ4n) is 1.26. The smallest absolute Gasteiger partial charge is 0.167 e. The van der Waals surface area contributed by atoms with Gasteiger partial charge in [-0.3, -0.25) is 9.48 Å². The molecule has 0 amide bonds. The number of ketones is 1. The summed E-state index contributed by atoms with van der Waals surface area (Å²) in [6.07, 6.45) is 3.80. The van der Waals surface area contributed by atoms with E-state index in [1.165, 1.54) is 0 Å². The number of carbonyl (C=O) groups is 1. The number of nitrogens with zero attached hydrogens (tertiary/aromatic N) is 2. The van der Waals surface area contributed by atoms with Gasteiger partial charge in [0.25, 0.3) is 0 Å². The SMILES string of the molecule is CC(C)Cn1cc(C(=O)CCN)cn1. The Balaban J connectivity index is 2.63. The molecule has 2 N–H and O–H groups in total. The van der Waals surface area contributed by atoms with Crippen LogP contribution in [0.2, 0.25) is 0 Å². The van der Waals surface area contributed by atoms with Crippen molar-refractivity contribution in [3.8, 4) is 0 Å². The van der Waals surface area contributed by atoms with Crippen molar-refractivity contribution in [2.75, 3.05) is 6.54 Å². The van der Waals surface area contributed by atoms with Crippen LogP contribution in [0.25, 0.3) is 0 Å². The maximum Gasteiger partial charge on any atom is 0.167 e. The van der Waals surface area contributed by atoms with Gasteiger partial charge in [0.2, 0.25) is 0 Å². The van der Waals surface area contributed by atoms with E-state index >= 15 is 0 Å². The third-order valence-electron chi connectivity index (χ3n) is 1.88. The fourth-order valence-corrected chi connectivity index (χ4v) is 1.26. The second-order valence-electron chi connectivity index (χ2n) is 3.81. The summed E-state index contributed by atoms with van der Waals surface area (Å²) >= 11 is 0. The molecule has 4 heteroatoms. The zero-order valence-corrected chi connectivity index (χ0v) is 8.73. The van der Waals surface area contributed by atoms with Crippen LogP contribution in [0.3, 0.4) is 0 Å². The van der Waals surface area contributed by atoms with E-state index in [0.717, 1.165) is 6.54 Å². The predicted molar refractivity (Wildman–Crippen MR) is 55.1 cm³/mol. The lowest BCUT2D eigenvalue weighted by Crippen LogP contribution is -2.08. The van der Waals surface area contributed by atoms with Crippen LogP contribution in [0.5, 0.6) is 0 Å². The van der Waals surface area contributed by atoms with Crippen molar-refractivity contribution in [3.05, 3.63) is 18.0 Å². The van der Waals surface area contributed by atoms with Gasteiger partial charge in [-0.1, -0.05) is 13.8 Å². The van der Waals surface area contributed by atoms with Gasteiger partial charge in [-0.05, 0) is 12.5 Å². The molecule has 0 saturated carbocycles. The van der Waals surface area contributed by atoms with E-state index in [0.29, 0.717) is 24.4 Å². The molecule has 0 unspecified atom stereocenters. The van der Waals surface area contributed by atoms with Crippen molar-refractivity contribution >= 4 is 5.78 Å². The molecule has 78 valence electrons. The molecule has 0 aliphatic rings. The Labute approximate surface area is 84.1 Å². The molecule has 0 spiro atoms. The molecule has 0 aliphatic heterocycles. The number of nitrogens with two attached hydrogens (primary N) is 1. The van der Waals surface area contributed by atoms with Gasteiger partial charge in [0.05, 0.1) is 11.8 Å². The molecule has 14 heavy (non-hydrogen) atoms. The number of Topliss-reactive ketones (excluding diaryl/α,β-unsaturated/α-hetero) is 1. The molecule has 0 aromatic carbocycles. The Morgan fingerprint density at radius 3 is 2.93 bits per heavy atom. The van der Waals surface area contributed by atoms with Crippen LogP contribution in [0.4, 0.5) is 0 Å². The van der Waals surface area contributed by atoms with E-state index in [1.54, 1.807) is 17.1 Å². The molecular formula is C10H17N3O. The number of hydrogen-bond acceptors (Lipinski definition) is 3. The van der Waals surface area contributed by atoms with Crippen molar-refractivity contribution in [1.29, 1.82) is 0 Å². The number of rotatable bonds is 5. The van der Waals surface area contributed by atoms with E-state index in [2.05, 4.69) is 18.9 Å². The van der Waals surface area contributed by atoms with E-state index in [4.69, 9.17) is 5.73 Å². The molecule has 0 bridgehead atoms. The number of aromatic nitrogens is 2. The third-order valence-corrected chi connectivity index (χ3v) is 1.88. The lowest BCUT2D eigenvalue weighted by molar-refractivity contribution is 0.0985. The first-order valence-electron chi connectivity index (χ1n) is 4.89. The minimum atomic E-state index is 0.0718. The van der Waals surface area contributed by atoms with Crippen LogP contribution in [-0.2, 0) is 6.54 Å². The zero-order valence-electron chi connectivity index (χ0n) is 8.73. The number of hydrogen-bond donors (Lipinski definition) is 1. The average molecular weight is 195 g/mol. The summed E-state index contributed by atoms with van der Waals surface area (Å²) in [5, 5.41) is 4.11. The minimum absolute atomic E-state index is 0.0718. The van der Waals surface area contributed by atoms with Crippen molar-refractivity contribution in [1.82, 2.24) is 9.78 Å². The number of carbonyl (C=O) groups excluding carboxylic acids is 1. The standard InChI is InChI=1S/C10H17N3O/c1-8(2)6-13-7-9(5-12-13)10(14)3-4-11/h5,7-8H,3-4,6,11H2,1-2H3. The summed E-state index contributed by atoms with van der Waals surface area (Å²) in [6.45, 7) is 5.47. The first-order valence-corrected chi connectivity index (χ1v) is 4.89. The zero-order chi connectivity index (χ0) is 10.6. The predicted octanol–water partition coefficient (Wildman–Crippen LogP) is 1.07. The van der Waals surface area contributed by atoms with Gasteiger partial charge < -0.3 is 5.73 Å². The topological polar surface area (TPSA) is 60.9 Å². The van der Waals surface area contributed by atoms with E-state index < -0.39 is 0 Å². The second-order valence-corrected chi connectivity index (χ2v) is 3.81. The maximum absolute atomic E-state index is 11.4. The summed E-state index contributed by atoms with van der Waals surface area (Å²) in [5.41, 5.74) is 5.97. The molecule has 0 radical (unpaired) electrons. The van der Waals surface area contributed by atoms with Crippen molar-refractivity contribution in [2.24, 2.45) is 11.7 Å². The largest absolute Gasteiger partial charge is 0.330 e. The van der Waals surface area contributed by atoms with Crippen LogP contribution in [-0.4, -0.2) is 22.1 Å².